The van der Waals surface area contributed by atoms with Crippen LogP contribution in [0.4, 0.5) is 0 Å². The number of benzene rings is 1. The predicted octanol–water partition coefficient (Wildman–Crippen LogP) is 4.25. The van der Waals surface area contributed by atoms with Gasteiger partial charge in [0.2, 0.25) is 0 Å². The molecule has 0 spiro atoms. The summed E-state index contributed by atoms with van der Waals surface area (Å²) in [4.78, 5) is 4.37. The fourth-order valence-electron chi connectivity index (χ4n) is 1.97. The van der Waals surface area contributed by atoms with Gasteiger partial charge < -0.3 is 0 Å². The summed E-state index contributed by atoms with van der Waals surface area (Å²) >= 11 is 5.29. The molecule has 1 aromatic carbocycles. The second-order valence-electron chi connectivity index (χ2n) is 4.33. The number of rotatable bonds is 5. The van der Waals surface area contributed by atoms with Gasteiger partial charge in [0.05, 0.1) is 11.2 Å². The van der Waals surface area contributed by atoms with E-state index in [1.807, 2.05) is 5.51 Å². The monoisotopic (exact) mass is 309 g/mol. The maximum absolute atomic E-state index is 4.37. The van der Waals surface area contributed by atoms with Gasteiger partial charge in [0.1, 0.15) is 0 Å². The van der Waals surface area contributed by atoms with E-state index in [9.17, 15) is 0 Å². The molecule has 90 valence electrons. The van der Waals surface area contributed by atoms with Crippen LogP contribution in [0.2, 0.25) is 0 Å². The Morgan fingerprint density at radius 1 is 1.29 bits per heavy atom. The Kier molecular flexibility index (Phi) is 4.75. The molecule has 0 aliphatic heterocycles. The summed E-state index contributed by atoms with van der Waals surface area (Å²) in [5.74, 6) is 0.623. The highest BCUT2D eigenvalue weighted by atomic mass is 79.9. The summed E-state index contributed by atoms with van der Waals surface area (Å²) in [6, 6.07) is 8.63. The van der Waals surface area contributed by atoms with Gasteiger partial charge in [-0.25, -0.2) is 4.98 Å². The van der Waals surface area contributed by atoms with Gasteiger partial charge in [0, 0.05) is 10.7 Å². The van der Waals surface area contributed by atoms with Crippen molar-refractivity contribution >= 4 is 27.3 Å². The van der Waals surface area contributed by atoms with Gasteiger partial charge >= 0.3 is 0 Å². The van der Waals surface area contributed by atoms with Crippen molar-refractivity contribution in [2.75, 3.05) is 5.33 Å². The highest BCUT2D eigenvalue weighted by molar-refractivity contribution is 9.09. The summed E-state index contributed by atoms with van der Waals surface area (Å²) < 4.78 is 0. The SMILES string of the molecule is Cc1ccccc1CC(CBr)Cc1cscn1. The van der Waals surface area contributed by atoms with Gasteiger partial charge in [0.15, 0.2) is 0 Å². The summed E-state index contributed by atoms with van der Waals surface area (Å²) in [5, 5.41) is 3.17. The van der Waals surface area contributed by atoms with Crippen LogP contribution in [0, 0.1) is 12.8 Å². The van der Waals surface area contributed by atoms with E-state index < -0.39 is 0 Å². The summed E-state index contributed by atoms with van der Waals surface area (Å²) in [7, 11) is 0. The molecular weight excluding hydrogens is 294 g/mol. The molecule has 0 fully saturated rings. The van der Waals surface area contributed by atoms with Crippen LogP contribution in [0.1, 0.15) is 16.8 Å². The number of aryl methyl sites for hydroxylation is 1. The Bertz CT molecular complexity index is 453. The molecule has 1 atom stereocenters. The minimum Gasteiger partial charge on any atom is -0.250 e. The van der Waals surface area contributed by atoms with Crippen molar-refractivity contribution in [2.45, 2.75) is 19.8 Å². The second kappa shape index (κ2) is 6.31. The van der Waals surface area contributed by atoms with Crippen molar-refractivity contribution in [3.63, 3.8) is 0 Å². The maximum atomic E-state index is 4.37. The van der Waals surface area contributed by atoms with Gasteiger partial charge in [-0.05, 0) is 36.8 Å². The Balaban J connectivity index is 2.03. The third kappa shape index (κ3) is 3.65. The highest BCUT2D eigenvalue weighted by Gasteiger charge is 2.11. The molecule has 0 radical (unpaired) electrons. The molecule has 0 saturated carbocycles. The molecule has 2 rings (SSSR count). The first-order valence-electron chi connectivity index (χ1n) is 5.77. The number of nitrogens with zero attached hydrogens (tertiary/aromatic N) is 1. The average molecular weight is 310 g/mol. The van der Waals surface area contributed by atoms with Crippen LogP contribution in [0.25, 0.3) is 0 Å². The third-order valence-electron chi connectivity index (χ3n) is 2.97. The number of halogens is 1. The van der Waals surface area contributed by atoms with Crippen LogP contribution in [0.5, 0.6) is 0 Å². The van der Waals surface area contributed by atoms with E-state index in [-0.39, 0.29) is 0 Å². The van der Waals surface area contributed by atoms with Crippen LogP contribution < -0.4 is 0 Å². The molecule has 0 saturated heterocycles. The van der Waals surface area contributed by atoms with E-state index in [0.717, 1.165) is 18.2 Å². The number of thiazole rings is 1. The Labute approximate surface area is 115 Å². The molecule has 3 heteroatoms. The van der Waals surface area contributed by atoms with Crippen molar-refractivity contribution in [1.82, 2.24) is 4.98 Å². The first kappa shape index (κ1) is 12.8. The average Bonchev–Trinajstić information content (AvgIpc) is 2.84. The molecule has 0 aliphatic rings. The van der Waals surface area contributed by atoms with E-state index >= 15 is 0 Å². The van der Waals surface area contributed by atoms with Gasteiger partial charge in [-0.3, -0.25) is 0 Å². The molecule has 17 heavy (non-hydrogen) atoms. The molecule has 1 aromatic heterocycles. The Morgan fingerprint density at radius 2 is 2.12 bits per heavy atom. The molecule has 1 heterocycles. The smallest absolute Gasteiger partial charge is 0.0794 e. The Morgan fingerprint density at radius 3 is 2.76 bits per heavy atom. The molecule has 1 unspecified atom stereocenters. The van der Waals surface area contributed by atoms with Gasteiger partial charge in [-0.15, -0.1) is 11.3 Å². The Hall–Kier alpha value is -0.670. The summed E-state index contributed by atoms with van der Waals surface area (Å²) in [6.45, 7) is 2.18. The first-order valence-corrected chi connectivity index (χ1v) is 7.83. The predicted molar refractivity (Wildman–Crippen MR) is 78.0 cm³/mol. The zero-order valence-corrected chi connectivity index (χ0v) is 12.3. The lowest BCUT2D eigenvalue weighted by Gasteiger charge is -2.14. The van der Waals surface area contributed by atoms with E-state index in [4.69, 9.17) is 0 Å². The van der Waals surface area contributed by atoms with Gasteiger partial charge in [-0.1, -0.05) is 40.2 Å². The molecule has 0 bridgehead atoms. The molecular formula is C14H16BrNS. The zero-order chi connectivity index (χ0) is 12.1. The van der Waals surface area contributed by atoms with Crippen molar-refractivity contribution in [1.29, 1.82) is 0 Å². The third-order valence-corrected chi connectivity index (χ3v) is 4.52. The molecule has 1 nitrogen and oxygen atoms in total. The normalized spacial score (nSPS) is 12.6. The maximum Gasteiger partial charge on any atom is 0.0794 e. The number of alkyl halides is 1. The van der Waals surface area contributed by atoms with Crippen LogP contribution in [0.15, 0.2) is 35.2 Å². The lowest BCUT2D eigenvalue weighted by Crippen LogP contribution is -2.11. The van der Waals surface area contributed by atoms with E-state index in [0.29, 0.717) is 5.92 Å². The van der Waals surface area contributed by atoms with Crippen molar-refractivity contribution in [3.05, 3.63) is 52.0 Å². The fourth-order valence-corrected chi connectivity index (χ4v) is 2.99. The molecule has 0 amide bonds. The van der Waals surface area contributed by atoms with E-state index in [2.05, 4.69) is 57.5 Å². The molecule has 0 N–H and O–H groups in total. The van der Waals surface area contributed by atoms with Crippen molar-refractivity contribution < 1.29 is 0 Å². The van der Waals surface area contributed by atoms with Crippen molar-refractivity contribution in [3.8, 4) is 0 Å². The van der Waals surface area contributed by atoms with Crippen LogP contribution >= 0.6 is 27.3 Å². The van der Waals surface area contributed by atoms with Gasteiger partial charge in [-0.2, -0.15) is 0 Å². The first-order chi connectivity index (χ1) is 8.29. The van der Waals surface area contributed by atoms with Crippen LogP contribution in [0.3, 0.4) is 0 Å². The van der Waals surface area contributed by atoms with Crippen LogP contribution in [-0.2, 0) is 12.8 Å². The standard InChI is InChI=1S/C14H16BrNS/c1-11-4-2-3-5-13(11)6-12(8-15)7-14-9-17-10-16-14/h2-5,9-10,12H,6-8H2,1H3. The summed E-state index contributed by atoms with van der Waals surface area (Å²) in [6.07, 6.45) is 2.18. The number of hydrogen-bond acceptors (Lipinski definition) is 2. The quantitative estimate of drug-likeness (QED) is 0.753. The lowest BCUT2D eigenvalue weighted by atomic mass is 9.94. The molecule has 2 aromatic rings. The lowest BCUT2D eigenvalue weighted by molar-refractivity contribution is 0.582. The second-order valence-corrected chi connectivity index (χ2v) is 5.70. The van der Waals surface area contributed by atoms with Crippen LogP contribution in [-0.4, -0.2) is 10.3 Å². The highest BCUT2D eigenvalue weighted by Crippen LogP contribution is 2.19. The molecule has 0 aliphatic carbocycles. The zero-order valence-electron chi connectivity index (χ0n) is 9.90. The van der Waals surface area contributed by atoms with Gasteiger partial charge in [0.25, 0.3) is 0 Å². The minimum atomic E-state index is 0.623. The van der Waals surface area contributed by atoms with Crippen molar-refractivity contribution in [2.24, 2.45) is 5.92 Å². The number of hydrogen-bond donors (Lipinski definition) is 0. The number of aromatic nitrogens is 1. The largest absolute Gasteiger partial charge is 0.250 e. The minimum absolute atomic E-state index is 0.623. The topological polar surface area (TPSA) is 12.9 Å². The summed E-state index contributed by atoms with van der Waals surface area (Å²) in [5.41, 5.74) is 5.96. The van der Waals surface area contributed by atoms with E-state index in [1.165, 1.54) is 16.8 Å². The fraction of sp³-hybridized carbons (Fsp3) is 0.357. The van der Waals surface area contributed by atoms with E-state index in [1.54, 1.807) is 11.3 Å².